The molecule has 0 aromatic carbocycles. The molecule has 0 aliphatic heterocycles. The predicted molar refractivity (Wildman–Crippen MR) is 223 cm³/mol. The predicted octanol–water partition coefficient (Wildman–Crippen LogP) is 1.58. The highest BCUT2D eigenvalue weighted by atomic mass is 33.1. The zero-order chi connectivity index (χ0) is 43.3. The zero-order valence-corrected chi connectivity index (χ0v) is 37.1. The van der Waals surface area contributed by atoms with E-state index < -0.39 is 11.9 Å². The van der Waals surface area contributed by atoms with Gasteiger partial charge in [0.15, 0.2) is 0 Å². The van der Waals surface area contributed by atoms with Crippen molar-refractivity contribution >= 4 is 33.5 Å². The highest BCUT2D eigenvalue weighted by molar-refractivity contribution is 8.76. The molecule has 358 valence electrons. The van der Waals surface area contributed by atoms with Crippen LogP contribution in [0.3, 0.4) is 0 Å². The minimum atomic E-state index is -0.877. The molecule has 0 saturated heterocycles. The Morgan fingerprint density at radius 3 is 0.517 bits per heavy atom. The average molecular weight is 915 g/mol. The molecular formula is C38H74O20S2. The lowest BCUT2D eigenvalue weighted by Gasteiger charge is -2.09. The molecule has 0 aromatic heterocycles. The number of ether oxygens (including phenoxy) is 16. The number of carboxylic acid groups (broad SMARTS) is 2. The Balaban J connectivity index is 3.07. The van der Waals surface area contributed by atoms with Gasteiger partial charge < -0.3 is 86.0 Å². The van der Waals surface area contributed by atoms with Gasteiger partial charge in [0.25, 0.3) is 0 Å². The Bertz CT molecular complexity index is 790. The standard InChI is InChI=1S/C38H74O20S2/c39-37(40)1-3-43-5-7-45-9-11-47-13-15-49-17-19-51-21-23-53-25-27-55-29-31-57-33-35-59-60-36-34-58-32-30-56-28-26-54-24-22-52-20-18-50-16-14-48-12-10-46-8-6-44-4-2-38(41)42/h1-36H2,(H,39,40)(H,41,42). The van der Waals surface area contributed by atoms with Crippen LogP contribution in [0.15, 0.2) is 0 Å². The summed E-state index contributed by atoms with van der Waals surface area (Å²) in [4.78, 5) is 20.7. The summed E-state index contributed by atoms with van der Waals surface area (Å²) in [6, 6.07) is 0. The second-order valence-corrected chi connectivity index (χ2v) is 14.4. The highest BCUT2D eigenvalue weighted by Crippen LogP contribution is 2.20. The summed E-state index contributed by atoms with van der Waals surface area (Å²) in [5.74, 6) is 0.0388. The average Bonchev–Trinajstić information content (AvgIpc) is 3.23. The van der Waals surface area contributed by atoms with Crippen LogP contribution in [-0.4, -0.2) is 245 Å². The number of aliphatic carboxylic acids is 2. The molecule has 60 heavy (non-hydrogen) atoms. The van der Waals surface area contributed by atoms with E-state index in [1.54, 1.807) is 21.6 Å². The van der Waals surface area contributed by atoms with Gasteiger partial charge in [0.1, 0.15) is 0 Å². The Morgan fingerprint density at radius 2 is 0.367 bits per heavy atom. The quantitative estimate of drug-likeness (QED) is 0.0653. The van der Waals surface area contributed by atoms with Gasteiger partial charge >= 0.3 is 11.9 Å². The van der Waals surface area contributed by atoms with Crippen LogP contribution >= 0.6 is 21.6 Å². The first-order chi connectivity index (χ1) is 29.6. The van der Waals surface area contributed by atoms with Crippen molar-refractivity contribution in [2.75, 3.05) is 223 Å². The molecule has 0 aromatic rings. The van der Waals surface area contributed by atoms with E-state index in [9.17, 15) is 9.59 Å². The van der Waals surface area contributed by atoms with Crippen molar-refractivity contribution in [2.24, 2.45) is 0 Å². The molecule has 0 bridgehead atoms. The lowest BCUT2D eigenvalue weighted by Crippen LogP contribution is -2.15. The molecular weight excluding hydrogens is 841 g/mol. The smallest absolute Gasteiger partial charge is 0.305 e. The lowest BCUT2D eigenvalue weighted by molar-refractivity contribution is -0.139. The fourth-order valence-corrected chi connectivity index (χ4v) is 5.63. The number of carboxylic acids is 2. The van der Waals surface area contributed by atoms with E-state index in [2.05, 4.69) is 0 Å². The van der Waals surface area contributed by atoms with Crippen molar-refractivity contribution in [3.8, 4) is 0 Å². The van der Waals surface area contributed by atoms with Crippen LogP contribution in [0, 0.1) is 0 Å². The highest BCUT2D eigenvalue weighted by Gasteiger charge is 2.00. The molecule has 0 rings (SSSR count). The van der Waals surface area contributed by atoms with Gasteiger partial charge in [-0.05, 0) is 0 Å². The monoisotopic (exact) mass is 914 g/mol. The van der Waals surface area contributed by atoms with E-state index in [1.807, 2.05) is 0 Å². The maximum absolute atomic E-state index is 10.4. The number of rotatable bonds is 55. The van der Waals surface area contributed by atoms with Crippen LogP contribution < -0.4 is 0 Å². The number of hydrogen-bond acceptors (Lipinski definition) is 20. The van der Waals surface area contributed by atoms with Crippen LogP contribution in [0.25, 0.3) is 0 Å². The Labute approximate surface area is 364 Å². The second kappa shape index (κ2) is 54.1. The summed E-state index contributed by atoms with van der Waals surface area (Å²) >= 11 is 0. The van der Waals surface area contributed by atoms with E-state index in [0.29, 0.717) is 198 Å². The molecule has 0 amide bonds. The van der Waals surface area contributed by atoms with E-state index >= 15 is 0 Å². The third kappa shape index (κ3) is 57.0. The maximum atomic E-state index is 10.4. The van der Waals surface area contributed by atoms with Crippen LogP contribution in [0.2, 0.25) is 0 Å². The summed E-state index contributed by atoms with van der Waals surface area (Å²) in [7, 11) is 3.52. The molecule has 0 radical (unpaired) electrons. The number of carbonyl (C=O) groups is 2. The van der Waals surface area contributed by atoms with Crippen LogP contribution in [-0.2, 0) is 85.4 Å². The fraction of sp³-hybridized carbons (Fsp3) is 0.947. The summed E-state index contributed by atoms with van der Waals surface area (Å²) in [6.45, 7) is 15.0. The summed E-state index contributed by atoms with van der Waals surface area (Å²) < 4.78 is 86.8. The molecule has 0 fully saturated rings. The van der Waals surface area contributed by atoms with Crippen molar-refractivity contribution in [2.45, 2.75) is 12.8 Å². The van der Waals surface area contributed by atoms with E-state index in [1.165, 1.54) is 0 Å². The maximum Gasteiger partial charge on any atom is 0.305 e. The molecule has 0 saturated carbocycles. The SMILES string of the molecule is O=C(O)CCOCCOCCOCCOCCOCCOCCOCCOCCSSCCOCCOCCOCCOCCOCCOCCOCCOCCC(=O)O. The molecule has 22 heteroatoms. The van der Waals surface area contributed by atoms with Gasteiger partial charge in [-0.2, -0.15) is 0 Å². The van der Waals surface area contributed by atoms with Crippen molar-refractivity contribution < 1.29 is 95.6 Å². The fourth-order valence-electron chi connectivity index (χ4n) is 3.91. The molecule has 0 aliphatic carbocycles. The Kier molecular flexibility index (Phi) is 53.2. The molecule has 0 atom stereocenters. The molecule has 0 spiro atoms. The first-order valence-corrected chi connectivity index (χ1v) is 23.0. The molecule has 0 unspecified atom stereocenters. The summed E-state index contributed by atoms with van der Waals surface area (Å²) in [5, 5.41) is 17.0. The number of hydrogen-bond donors (Lipinski definition) is 2. The van der Waals surface area contributed by atoms with Gasteiger partial charge in [-0.3, -0.25) is 9.59 Å². The van der Waals surface area contributed by atoms with Crippen LogP contribution in [0.1, 0.15) is 12.8 Å². The van der Waals surface area contributed by atoms with Crippen molar-refractivity contribution in [3.63, 3.8) is 0 Å². The minimum Gasteiger partial charge on any atom is -0.481 e. The largest absolute Gasteiger partial charge is 0.481 e. The van der Waals surface area contributed by atoms with Gasteiger partial charge in [0, 0.05) is 11.5 Å². The Morgan fingerprint density at radius 1 is 0.233 bits per heavy atom. The summed E-state index contributed by atoms with van der Waals surface area (Å²) in [6.07, 6.45) is -0.0129. The van der Waals surface area contributed by atoms with Crippen molar-refractivity contribution in [1.82, 2.24) is 0 Å². The van der Waals surface area contributed by atoms with Gasteiger partial charge in [-0.25, -0.2) is 0 Å². The molecule has 2 N–H and O–H groups in total. The van der Waals surface area contributed by atoms with Gasteiger partial charge in [0.05, 0.1) is 224 Å². The molecule has 0 heterocycles. The zero-order valence-electron chi connectivity index (χ0n) is 35.5. The first kappa shape index (κ1) is 59.0. The molecule has 20 nitrogen and oxygen atoms in total. The van der Waals surface area contributed by atoms with Crippen molar-refractivity contribution in [1.29, 1.82) is 0 Å². The normalized spacial score (nSPS) is 11.5. The van der Waals surface area contributed by atoms with Gasteiger partial charge in [0.2, 0.25) is 0 Å². The third-order valence-corrected chi connectivity index (χ3v) is 9.17. The molecule has 0 aliphatic rings. The van der Waals surface area contributed by atoms with E-state index in [-0.39, 0.29) is 26.1 Å². The second-order valence-electron chi connectivity index (χ2n) is 11.7. The first-order valence-electron chi connectivity index (χ1n) is 20.5. The lowest BCUT2D eigenvalue weighted by atomic mass is 10.5. The topological polar surface area (TPSA) is 222 Å². The summed E-state index contributed by atoms with van der Waals surface area (Å²) in [5.41, 5.74) is 0. The van der Waals surface area contributed by atoms with Crippen LogP contribution in [0.4, 0.5) is 0 Å². The third-order valence-electron chi connectivity index (χ3n) is 6.83. The van der Waals surface area contributed by atoms with Crippen molar-refractivity contribution in [3.05, 3.63) is 0 Å². The van der Waals surface area contributed by atoms with Gasteiger partial charge in [-0.15, -0.1) is 0 Å². The van der Waals surface area contributed by atoms with Gasteiger partial charge in [-0.1, -0.05) is 21.6 Å². The minimum absolute atomic E-state index is 0.00645. The van der Waals surface area contributed by atoms with E-state index in [4.69, 9.17) is 86.0 Å². The van der Waals surface area contributed by atoms with E-state index in [0.717, 1.165) is 11.5 Å². The van der Waals surface area contributed by atoms with Crippen LogP contribution in [0.5, 0.6) is 0 Å². The Hall–Kier alpha value is -1.00.